The maximum Gasteiger partial charge on any atom is 0.328 e. The molecule has 0 radical (unpaired) electrons. The van der Waals surface area contributed by atoms with Gasteiger partial charge in [0, 0.05) is 13.0 Å². The van der Waals surface area contributed by atoms with E-state index < -0.39 is 24.0 Å². The van der Waals surface area contributed by atoms with E-state index in [-0.39, 0.29) is 18.7 Å². The summed E-state index contributed by atoms with van der Waals surface area (Å²) in [5.41, 5.74) is 5.65. The summed E-state index contributed by atoms with van der Waals surface area (Å²) >= 11 is 0. The average molecular weight is 241 g/mol. The Morgan fingerprint density at radius 3 is 2.71 bits per heavy atom. The number of carboxylic acid groups (broad SMARTS) is 1. The number of amides is 2. The number of hydrogen-bond acceptors (Lipinski definition) is 4. The largest absolute Gasteiger partial charge is 0.480 e. The van der Waals surface area contributed by atoms with Crippen LogP contribution >= 0.6 is 0 Å². The summed E-state index contributed by atoms with van der Waals surface area (Å²) in [6.07, 6.45) is 1.41. The summed E-state index contributed by atoms with van der Waals surface area (Å²) in [5, 5.41) is 11.4. The fraction of sp³-hybridized carbons (Fsp3) is 0.700. The highest BCUT2D eigenvalue weighted by molar-refractivity contribution is 5.91. The molecule has 2 heterocycles. The van der Waals surface area contributed by atoms with Crippen molar-refractivity contribution >= 4 is 17.8 Å². The molecule has 0 aliphatic carbocycles. The van der Waals surface area contributed by atoms with Crippen LogP contribution in [0.4, 0.5) is 0 Å². The fourth-order valence-corrected chi connectivity index (χ4v) is 2.28. The lowest BCUT2D eigenvalue weighted by Gasteiger charge is -2.41. The van der Waals surface area contributed by atoms with Crippen LogP contribution in [0.15, 0.2) is 0 Å². The first kappa shape index (κ1) is 11.8. The minimum Gasteiger partial charge on any atom is -0.480 e. The molecular weight excluding hydrogens is 226 g/mol. The third kappa shape index (κ3) is 1.97. The zero-order chi connectivity index (χ0) is 12.6. The van der Waals surface area contributed by atoms with Gasteiger partial charge in [-0.25, -0.2) is 9.80 Å². The summed E-state index contributed by atoms with van der Waals surface area (Å²) in [6, 6.07) is -1.76. The van der Waals surface area contributed by atoms with Crippen molar-refractivity contribution in [1.29, 1.82) is 0 Å². The number of rotatable bonds is 1. The molecule has 94 valence electrons. The number of nitrogens with zero attached hydrogens (tertiary/aromatic N) is 2. The maximum absolute atomic E-state index is 12.0. The Kier molecular flexibility index (Phi) is 3.01. The van der Waals surface area contributed by atoms with Crippen molar-refractivity contribution in [3.63, 3.8) is 0 Å². The molecular formula is C10H15N3O4. The van der Waals surface area contributed by atoms with E-state index in [0.717, 1.165) is 5.01 Å². The first-order valence-electron chi connectivity index (χ1n) is 5.64. The molecule has 2 aliphatic heterocycles. The highest BCUT2D eigenvalue weighted by atomic mass is 16.4. The van der Waals surface area contributed by atoms with Gasteiger partial charge in [-0.05, 0) is 19.3 Å². The molecule has 3 N–H and O–H groups in total. The molecule has 2 rings (SSSR count). The van der Waals surface area contributed by atoms with E-state index in [2.05, 4.69) is 0 Å². The Balaban J connectivity index is 2.34. The van der Waals surface area contributed by atoms with E-state index in [0.29, 0.717) is 19.4 Å². The summed E-state index contributed by atoms with van der Waals surface area (Å²) < 4.78 is 0. The van der Waals surface area contributed by atoms with Gasteiger partial charge in [0.05, 0.1) is 6.04 Å². The van der Waals surface area contributed by atoms with Gasteiger partial charge in [-0.15, -0.1) is 0 Å². The van der Waals surface area contributed by atoms with Gasteiger partial charge in [-0.1, -0.05) is 0 Å². The maximum atomic E-state index is 12.0. The molecule has 1 unspecified atom stereocenters. The van der Waals surface area contributed by atoms with Crippen LogP contribution in [0.25, 0.3) is 0 Å². The predicted octanol–water partition coefficient (Wildman–Crippen LogP) is -1.07. The van der Waals surface area contributed by atoms with Crippen LogP contribution in [0.2, 0.25) is 0 Å². The van der Waals surface area contributed by atoms with Crippen molar-refractivity contribution in [2.45, 2.75) is 37.8 Å². The van der Waals surface area contributed by atoms with Crippen molar-refractivity contribution in [3.8, 4) is 0 Å². The zero-order valence-corrected chi connectivity index (χ0v) is 9.33. The molecule has 2 amide bonds. The second-order valence-corrected chi connectivity index (χ2v) is 4.34. The Morgan fingerprint density at radius 1 is 1.35 bits per heavy atom. The lowest BCUT2D eigenvalue weighted by atomic mass is 10.1. The molecule has 0 bridgehead atoms. The lowest BCUT2D eigenvalue weighted by Crippen LogP contribution is -2.61. The number of hydrazine groups is 1. The van der Waals surface area contributed by atoms with Crippen LogP contribution in [-0.4, -0.2) is 51.5 Å². The van der Waals surface area contributed by atoms with Crippen LogP contribution < -0.4 is 5.73 Å². The zero-order valence-electron chi connectivity index (χ0n) is 9.33. The monoisotopic (exact) mass is 241 g/mol. The summed E-state index contributed by atoms with van der Waals surface area (Å²) in [7, 11) is 0. The number of carbonyl (C=O) groups excluding carboxylic acids is 2. The Hall–Kier alpha value is -1.63. The normalized spacial score (nSPS) is 29.9. The van der Waals surface area contributed by atoms with Crippen molar-refractivity contribution in [1.82, 2.24) is 10.0 Å². The average Bonchev–Trinajstić information content (AvgIpc) is 2.42. The quantitative estimate of drug-likeness (QED) is 0.608. The molecule has 2 aliphatic rings. The van der Waals surface area contributed by atoms with Gasteiger partial charge < -0.3 is 10.8 Å². The number of carbonyl (C=O) groups is 3. The van der Waals surface area contributed by atoms with E-state index in [9.17, 15) is 14.4 Å². The second-order valence-electron chi connectivity index (χ2n) is 4.34. The predicted molar refractivity (Wildman–Crippen MR) is 56.4 cm³/mol. The first-order valence-corrected chi connectivity index (χ1v) is 5.64. The molecule has 0 aromatic heterocycles. The van der Waals surface area contributed by atoms with Crippen LogP contribution in [0, 0.1) is 0 Å². The highest BCUT2D eigenvalue weighted by Gasteiger charge is 2.43. The van der Waals surface area contributed by atoms with Crippen molar-refractivity contribution in [3.05, 3.63) is 0 Å². The van der Waals surface area contributed by atoms with Gasteiger partial charge in [-0.3, -0.25) is 14.6 Å². The van der Waals surface area contributed by atoms with E-state index >= 15 is 0 Å². The minimum atomic E-state index is -1.09. The van der Waals surface area contributed by atoms with E-state index in [1.807, 2.05) is 0 Å². The third-order valence-corrected chi connectivity index (χ3v) is 3.19. The number of fused-ring (bicyclic) bond motifs is 1. The molecule has 7 heteroatoms. The van der Waals surface area contributed by atoms with Gasteiger partial charge in [0.15, 0.2) is 6.04 Å². The number of hydrogen-bond donors (Lipinski definition) is 2. The molecule has 0 aromatic rings. The molecule has 2 atom stereocenters. The molecule has 0 spiro atoms. The summed E-state index contributed by atoms with van der Waals surface area (Å²) in [4.78, 5) is 34.9. The molecule has 2 fully saturated rings. The van der Waals surface area contributed by atoms with Gasteiger partial charge in [0.2, 0.25) is 5.91 Å². The van der Waals surface area contributed by atoms with E-state index in [1.165, 1.54) is 5.01 Å². The number of nitrogens with two attached hydrogens (primary N) is 1. The van der Waals surface area contributed by atoms with Crippen LogP contribution in [0.1, 0.15) is 25.7 Å². The van der Waals surface area contributed by atoms with E-state index in [4.69, 9.17) is 10.8 Å². The lowest BCUT2D eigenvalue weighted by molar-refractivity contribution is -0.180. The van der Waals surface area contributed by atoms with Crippen LogP contribution in [0.3, 0.4) is 0 Å². The van der Waals surface area contributed by atoms with Crippen molar-refractivity contribution in [2.75, 3.05) is 6.54 Å². The molecule has 0 aromatic carbocycles. The molecule has 2 saturated heterocycles. The Morgan fingerprint density at radius 2 is 2.06 bits per heavy atom. The summed E-state index contributed by atoms with van der Waals surface area (Å²) in [5.74, 6) is -1.79. The summed E-state index contributed by atoms with van der Waals surface area (Å²) in [6.45, 7) is 0.390. The van der Waals surface area contributed by atoms with Gasteiger partial charge >= 0.3 is 5.97 Å². The fourth-order valence-electron chi connectivity index (χ4n) is 2.28. The van der Waals surface area contributed by atoms with Crippen LogP contribution in [-0.2, 0) is 14.4 Å². The molecule has 0 saturated carbocycles. The topological polar surface area (TPSA) is 104 Å². The van der Waals surface area contributed by atoms with Crippen LogP contribution in [0.5, 0.6) is 0 Å². The standard InChI is InChI=1S/C10H15N3O4/c11-6-3-4-8(14)12-5-1-2-7(10(16)17)13(12)9(6)15/h6-7H,1-5,11H2,(H,16,17)/t6?,7-/m0/s1. The smallest absolute Gasteiger partial charge is 0.328 e. The second kappa shape index (κ2) is 4.33. The third-order valence-electron chi connectivity index (χ3n) is 3.19. The molecule has 17 heavy (non-hydrogen) atoms. The van der Waals surface area contributed by atoms with Gasteiger partial charge in [0.25, 0.3) is 5.91 Å². The Bertz CT molecular complexity index is 371. The number of aliphatic carboxylic acids is 1. The van der Waals surface area contributed by atoms with E-state index in [1.54, 1.807) is 0 Å². The van der Waals surface area contributed by atoms with Gasteiger partial charge in [-0.2, -0.15) is 0 Å². The van der Waals surface area contributed by atoms with Crippen molar-refractivity contribution in [2.24, 2.45) is 5.73 Å². The highest BCUT2D eigenvalue weighted by Crippen LogP contribution is 2.24. The SMILES string of the molecule is NC1CCC(=O)N2CCC[C@@H](C(=O)O)N2C1=O. The molecule has 7 nitrogen and oxygen atoms in total. The minimum absolute atomic E-state index is 0.190. The first-order chi connectivity index (χ1) is 8.02. The Labute approximate surface area is 98.1 Å². The van der Waals surface area contributed by atoms with Gasteiger partial charge in [0.1, 0.15) is 0 Å². The number of carboxylic acids is 1. The van der Waals surface area contributed by atoms with Crippen molar-refractivity contribution < 1.29 is 19.5 Å².